The van der Waals surface area contributed by atoms with Crippen LogP contribution in [0.3, 0.4) is 0 Å². The highest BCUT2D eigenvalue weighted by Gasteiger charge is 2.39. The number of carbonyl (C=O) groups excluding carboxylic acids is 1. The number of amides is 1. The van der Waals surface area contributed by atoms with E-state index in [1.807, 2.05) is 48.1 Å². The summed E-state index contributed by atoms with van der Waals surface area (Å²) in [6.45, 7) is 3.45. The van der Waals surface area contributed by atoms with Gasteiger partial charge >= 0.3 is 0 Å². The fourth-order valence-electron chi connectivity index (χ4n) is 3.83. The van der Waals surface area contributed by atoms with Crippen molar-refractivity contribution in [2.75, 3.05) is 6.54 Å². The van der Waals surface area contributed by atoms with Crippen molar-refractivity contribution < 1.29 is 9.90 Å². The maximum atomic E-state index is 12.7. The van der Waals surface area contributed by atoms with E-state index in [0.717, 1.165) is 41.4 Å². The summed E-state index contributed by atoms with van der Waals surface area (Å²) in [7, 11) is 0. The number of rotatable bonds is 6. The summed E-state index contributed by atoms with van der Waals surface area (Å²) in [6.07, 6.45) is 8.90. The minimum atomic E-state index is -0.275. The summed E-state index contributed by atoms with van der Waals surface area (Å²) >= 11 is 0. The van der Waals surface area contributed by atoms with E-state index in [2.05, 4.69) is 9.97 Å². The lowest BCUT2D eigenvalue weighted by Crippen LogP contribution is -2.36. The maximum Gasteiger partial charge on any atom is 0.289 e. The molecule has 1 unspecified atom stereocenters. The summed E-state index contributed by atoms with van der Waals surface area (Å²) in [5, 5.41) is 11.6. The Morgan fingerprint density at radius 3 is 2.88 bits per heavy atom. The maximum absolute atomic E-state index is 12.7. The molecule has 3 aromatic rings. The average Bonchev–Trinajstić information content (AvgIpc) is 3.36. The molecule has 26 heavy (non-hydrogen) atoms. The smallest absolute Gasteiger partial charge is 0.289 e. The third-order valence-electron chi connectivity index (χ3n) is 5.07. The van der Waals surface area contributed by atoms with Gasteiger partial charge < -0.3 is 19.6 Å². The summed E-state index contributed by atoms with van der Waals surface area (Å²) in [4.78, 5) is 21.8. The molecule has 2 aromatic heterocycles. The van der Waals surface area contributed by atoms with Gasteiger partial charge in [-0.05, 0) is 18.9 Å². The Kier molecular flexibility index (Phi) is 4.24. The van der Waals surface area contributed by atoms with Gasteiger partial charge in [0.15, 0.2) is 5.76 Å². The zero-order valence-corrected chi connectivity index (χ0v) is 14.7. The van der Waals surface area contributed by atoms with Gasteiger partial charge in [-0.1, -0.05) is 25.1 Å². The number of aromatic nitrogens is 3. The van der Waals surface area contributed by atoms with Gasteiger partial charge in [-0.25, -0.2) is 4.98 Å². The molecule has 4 rings (SSSR count). The number of imidazole rings is 1. The van der Waals surface area contributed by atoms with Crippen molar-refractivity contribution >= 4 is 22.4 Å². The summed E-state index contributed by atoms with van der Waals surface area (Å²) in [6, 6.07) is 7.84. The fraction of sp³-hybridized carbons (Fsp3) is 0.300. The van der Waals surface area contributed by atoms with Gasteiger partial charge in [0, 0.05) is 53.7 Å². The minimum absolute atomic E-state index is 0.107. The number of hydrogen-bond donors (Lipinski definition) is 2. The molecular weight excluding hydrogens is 328 g/mol. The molecule has 0 saturated heterocycles. The van der Waals surface area contributed by atoms with Crippen molar-refractivity contribution in [1.29, 1.82) is 0 Å². The summed E-state index contributed by atoms with van der Waals surface area (Å²) in [5.74, 6) is -0.396. The Morgan fingerprint density at radius 1 is 1.27 bits per heavy atom. The Bertz CT molecular complexity index is 955. The highest BCUT2D eigenvalue weighted by Crippen LogP contribution is 2.37. The molecule has 0 spiro atoms. The molecule has 0 radical (unpaired) electrons. The molecule has 1 aliphatic heterocycles. The molecular formula is C20H22N4O2. The Labute approximate surface area is 151 Å². The van der Waals surface area contributed by atoms with Crippen molar-refractivity contribution in [3.8, 4) is 0 Å². The lowest BCUT2D eigenvalue weighted by molar-refractivity contribution is -0.129. The monoisotopic (exact) mass is 350 g/mol. The van der Waals surface area contributed by atoms with E-state index in [4.69, 9.17) is 0 Å². The number of aromatic amines is 1. The van der Waals surface area contributed by atoms with E-state index in [-0.39, 0.29) is 17.7 Å². The zero-order chi connectivity index (χ0) is 18.1. The van der Waals surface area contributed by atoms with E-state index < -0.39 is 0 Å². The number of nitrogens with zero attached hydrogens (tertiary/aromatic N) is 3. The van der Waals surface area contributed by atoms with Crippen LogP contribution in [0.2, 0.25) is 0 Å². The molecule has 134 valence electrons. The van der Waals surface area contributed by atoms with Gasteiger partial charge in [-0.15, -0.1) is 0 Å². The largest absolute Gasteiger partial charge is 0.503 e. The topological polar surface area (TPSA) is 74.2 Å². The van der Waals surface area contributed by atoms with Gasteiger partial charge in [0.25, 0.3) is 5.91 Å². The molecule has 1 aromatic carbocycles. The predicted molar refractivity (Wildman–Crippen MR) is 100 cm³/mol. The minimum Gasteiger partial charge on any atom is -0.503 e. The van der Waals surface area contributed by atoms with Crippen molar-refractivity contribution in [2.24, 2.45) is 0 Å². The number of aliphatic hydroxyl groups is 1. The molecule has 3 heterocycles. The number of benzene rings is 1. The van der Waals surface area contributed by atoms with E-state index >= 15 is 0 Å². The predicted octanol–water partition coefficient (Wildman–Crippen LogP) is 3.34. The fourth-order valence-corrected chi connectivity index (χ4v) is 3.83. The van der Waals surface area contributed by atoms with Crippen LogP contribution in [-0.2, 0) is 11.3 Å². The van der Waals surface area contributed by atoms with Crippen LogP contribution >= 0.6 is 0 Å². The standard InChI is InChI=1S/C20H22N4O2/c1-2-17-18(15-12-22-16-7-4-3-6-14(15)16)19(25)20(26)24(17)10-5-9-23-11-8-21-13-23/h3-4,6-8,11-13,17,22,25H,2,5,9-10H2,1H3. The van der Waals surface area contributed by atoms with Crippen molar-refractivity contribution in [2.45, 2.75) is 32.4 Å². The van der Waals surface area contributed by atoms with E-state index in [1.165, 1.54) is 0 Å². The van der Waals surface area contributed by atoms with Crippen LogP contribution in [0.1, 0.15) is 25.3 Å². The first-order chi connectivity index (χ1) is 12.7. The van der Waals surface area contributed by atoms with Gasteiger partial charge in [-0.3, -0.25) is 4.79 Å². The van der Waals surface area contributed by atoms with Crippen LogP contribution in [0.5, 0.6) is 0 Å². The Balaban J connectivity index is 1.59. The summed E-state index contributed by atoms with van der Waals surface area (Å²) in [5.41, 5.74) is 2.65. The highest BCUT2D eigenvalue weighted by atomic mass is 16.3. The second kappa shape index (κ2) is 6.71. The Morgan fingerprint density at radius 2 is 2.12 bits per heavy atom. The quantitative estimate of drug-likeness (QED) is 0.716. The highest BCUT2D eigenvalue weighted by molar-refractivity contribution is 6.08. The molecule has 6 heteroatoms. The normalized spacial score (nSPS) is 17.7. The third-order valence-corrected chi connectivity index (χ3v) is 5.07. The summed E-state index contributed by atoms with van der Waals surface area (Å²) < 4.78 is 2.00. The van der Waals surface area contributed by atoms with E-state index in [9.17, 15) is 9.90 Å². The molecule has 1 atom stereocenters. The van der Waals surface area contributed by atoms with Gasteiger partial charge in [-0.2, -0.15) is 0 Å². The van der Waals surface area contributed by atoms with Crippen LogP contribution in [0.25, 0.3) is 16.5 Å². The van der Waals surface area contributed by atoms with Crippen molar-refractivity contribution in [3.63, 3.8) is 0 Å². The van der Waals surface area contributed by atoms with Crippen LogP contribution in [0.4, 0.5) is 0 Å². The SMILES string of the molecule is CCC1C(c2c[nH]c3ccccc23)=C(O)C(=O)N1CCCn1ccnc1. The van der Waals surface area contributed by atoms with E-state index in [0.29, 0.717) is 6.54 Å². The molecule has 1 amide bonds. The molecule has 0 fully saturated rings. The number of aliphatic hydroxyl groups excluding tert-OH is 1. The number of nitrogens with one attached hydrogen (secondary N) is 1. The third kappa shape index (κ3) is 2.67. The molecule has 1 aliphatic rings. The van der Waals surface area contributed by atoms with Crippen LogP contribution < -0.4 is 0 Å². The number of H-pyrrole nitrogens is 1. The lowest BCUT2D eigenvalue weighted by atomic mass is 9.97. The molecule has 0 aliphatic carbocycles. The lowest BCUT2D eigenvalue weighted by Gasteiger charge is -2.25. The average molecular weight is 350 g/mol. The number of fused-ring (bicyclic) bond motifs is 1. The van der Waals surface area contributed by atoms with E-state index in [1.54, 1.807) is 17.4 Å². The second-order valence-electron chi connectivity index (χ2n) is 6.59. The number of hydrogen-bond acceptors (Lipinski definition) is 3. The van der Waals surface area contributed by atoms with Crippen molar-refractivity contribution in [3.05, 3.63) is 60.5 Å². The zero-order valence-electron chi connectivity index (χ0n) is 14.7. The first-order valence-corrected chi connectivity index (χ1v) is 8.97. The van der Waals surface area contributed by atoms with Gasteiger partial charge in [0.05, 0.1) is 12.4 Å². The van der Waals surface area contributed by atoms with Gasteiger partial charge in [0.1, 0.15) is 0 Å². The van der Waals surface area contributed by atoms with Crippen LogP contribution in [0.15, 0.2) is 54.9 Å². The Hall–Kier alpha value is -3.02. The number of para-hydroxylation sites is 1. The first-order valence-electron chi connectivity index (χ1n) is 8.97. The number of carbonyl (C=O) groups is 1. The first kappa shape index (κ1) is 16.4. The molecule has 6 nitrogen and oxygen atoms in total. The molecule has 0 saturated carbocycles. The molecule has 2 N–H and O–H groups in total. The van der Waals surface area contributed by atoms with Crippen LogP contribution in [0, 0.1) is 0 Å². The molecule has 0 bridgehead atoms. The van der Waals surface area contributed by atoms with Gasteiger partial charge in [0.2, 0.25) is 0 Å². The number of aryl methyl sites for hydroxylation is 1. The second-order valence-corrected chi connectivity index (χ2v) is 6.59. The van der Waals surface area contributed by atoms with Crippen molar-refractivity contribution in [1.82, 2.24) is 19.4 Å². The van der Waals surface area contributed by atoms with Crippen LogP contribution in [-0.4, -0.2) is 43.0 Å².